The van der Waals surface area contributed by atoms with Gasteiger partial charge >= 0.3 is 0 Å². The Morgan fingerprint density at radius 2 is 2.35 bits per heavy atom. The van der Waals surface area contributed by atoms with Gasteiger partial charge in [-0.3, -0.25) is 4.90 Å². The lowest BCUT2D eigenvalue weighted by atomic mass is 9.99. The highest BCUT2D eigenvalue weighted by Crippen LogP contribution is 2.23. The summed E-state index contributed by atoms with van der Waals surface area (Å²) in [7, 11) is 0. The van der Waals surface area contributed by atoms with E-state index in [2.05, 4.69) is 11.0 Å². The molecule has 17 heavy (non-hydrogen) atoms. The quantitative estimate of drug-likeness (QED) is 0.808. The second-order valence-corrected chi connectivity index (χ2v) is 4.81. The van der Waals surface area contributed by atoms with E-state index < -0.39 is 0 Å². The Morgan fingerprint density at radius 3 is 3.06 bits per heavy atom. The van der Waals surface area contributed by atoms with E-state index in [-0.39, 0.29) is 11.7 Å². The molecule has 1 fully saturated rings. The first-order valence-electron chi connectivity index (χ1n) is 5.75. The van der Waals surface area contributed by atoms with Gasteiger partial charge in [-0.2, -0.15) is 5.26 Å². The van der Waals surface area contributed by atoms with Crippen LogP contribution in [0.2, 0.25) is 5.02 Å². The van der Waals surface area contributed by atoms with Crippen molar-refractivity contribution < 1.29 is 4.39 Å². The maximum absolute atomic E-state index is 13.6. The number of likely N-dealkylation sites (tertiary alicyclic amines) is 1. The van der Waals surface area contributed by atoms with Gasteiger partial charge in [0, 0.05) is 23.7 Å². The van der Waals surface area contributed by atoms with Crippen molar-refractivity contribution in [2.45, 2.75) is 19.4 Å². The molecule has 0 radical (unpaired) electrons. The molecule has 0 saturated carbocycles. The second kappa shape index (κ2) is 5.48. The van der Waals surface area contributed by atoms with Crippen molar-refractivity contribution in [1.82, 2.24) is 4.90 Å². The standard InChI is InChI=1S/C13H14ClFN2/c14-12-4-1-5-13(15)11(12)9-17-6-2-3-10(7-16)8-17/h1,4-5,10H,2-3,6,8-9H2/t10-/m0/s1. The average Bonchev–Trinajstić information content (AvgIpc) is 2.34. The largest absolute Gasteiger partial charge is 0.298 e. The molecule has 1 aromatic rings. The SMILES string of the molecule is N#C[C@@H]1CCCN(Cc2c(F)cccc2Cl)C1. The van der Waals surface area contributed by atoms with Crippen molar-refractivity contribution in [3.8, 4) is 6.07 Å². The first-order valence-corrected chi connectivity index (χ1v) is 6.13. The number of benzene rings is 1. The Kier molecular flexibility index (Phi) is 3.98. The van der Waals surface area contributed by atoms with Crippen LogP contribution in [0.5, 0.6) is 0 Å². The molecule has 1 atom stereocenters. The van der Waals surface area contributed by atoms with E-state index >= 15 is 0 Å². The number of nitriles is 1. The van der Waals surface area contributed by atoms with Crippen molar-refractivity contribution in [1.29, 1.82) is 5.26 Å². The third kappa shape index (κ3) is 2.96. The summed E-state index contributed by atoms with van der Waals surface area (Å²) in [6.45, 7) is 2.10. The van der Waals surface area contributed by atoms with Crippen LogP contribution in [0, 0.1) is 23.1 Å². The number of piperidine rings is 1. The molecule has 0 aliphatic carbocycles. The highest BCUT2D eigenvalue weighted by atomic mass is 35.5. The zero-order chi connectivity index (χ0) is 12.3. The van der Waals surface area contributed by atoms with Crippen molar-refractivity contribution in [2.75, 3.05) is 13.1 Å². The summed E-state index contributed by atoms with van der Waals surface area (Å²) in [6, 6.07) is 7.01. The van der Waals surface area contributed by atoms with E-state index in [1.54, 1.807) is 12.1 Å². The molecular weight excluding hydrogens is 239 g/mol. The molecule has 0 N–H and O–H groups in total. The maximum Gasteiger partial charge on any atom is 0.129 e. The van der Waals surface area contributed by atoms with Gasteiger partial charge in [0.25, 0.3) is 0 Å². The summed E-state index contributed by atoms with van der Waals surface area (Å²) in [5.41, 5.74) is 0.535. The zero-order valence-electron chi connectivity index (χ0n) is 9.50. The fourth-order valence-electron chi connectivity index (χ4n) is 2.21. The molecule has 0 aromatic heterocycles. The first-order chi connectivity index (χ1) is 8.20. The molecule has 90 valence electrons. The summed E-state index contributed by atoms with van der Waals surface area (Å²) >= 11 is 5.99. The van der Waals surface area contributed by atoms with E-state index in [4.69, 9.17) is 16.9 Å². The minimum absolute atomic E-state index is 0.0642. The minimum atomic E-state index is -0.267. The lowest BCUT2D eigenvalue weighted by molar-refractivity contribution is 0.190. The predicted molar refractivity (Wildman–Crippen MR) is 65.0 cm³/mol. The Labute approximate surface area is 106 Å². The maximum atomic E-state index is 13.6. The summed E-state index contributed by atoms with van der Waals surface area (Å²) in [5.74, 6) is -0.203. The number of rotatable bonds is 2. The number of halogens is 2. The fraction of sp³-hybridized carbons (Fsp3) is 0.462. The van der Waals surface area contributed by atoms with Crippen LogP contribution < -0.4 is 0 Å². The van der Waals surface area contributed by atoms with Crippen LogP contribution in [0.1, 0.15) is 18.4 Å². The van der Waals surface area contributed by atoms with E-state index in [1.165, 1.54) is 6.07 Å². The molecule has 0 bridgehead atoms. The smallest absolute Gasteiger partial charge is 0.129 e. The topological polar surface area (TPSA) is 27.0 Å². The molecule has 2 rings (SSSR count). The van der Waals surface area contributed by atoms with Crippen LogP contribution in [-0.4, -0.2) is 18.0 Å². The molecule has 4 heteroatoms. The van der Waals surface area contributed by atoms with Gasteiger partial charge in [-0.25, -0.2) is 4.39 Å². The van der Waals surface area contributed by atoms with Crippen molar-refractivity contribution >= 4 is 11.6 Å². The number of hydrogen-bond acceptors (Lipinski definition) is 2. The summed E-state index contributed by atoms with van der Waals surface area (Å²) in [6.07, 6.45) is 1.93. The fourth-order valence-corrected chi connectivity index (χ4v) is 2.43. The summed E-state index contributed by atoms with van der Waals surface area (Å²) in [5, 5.41) is 9.37. The number of hydrogen-bond donors (Lipinski definition) is 0. The van der Waals surface area contributed by atoms with Crippen LogP contribution in [0.3, 0.4) is 0 Å². The van der Waals surface area contributed by atoms with Crippen LogP contribution in [0.25, 0.3) is 0 Å². The molecule has 1 heterocycles. The molecule has 0 spiro atoms. The Bertz CT molecular complexity index is 421. The third-order valence-corrected chi connectivity index (χ3v) is 3.49. The van der Waals surface area contributed by atoms with Gasteiger partial charge in [0.2, 0.25) is 0 Å². The molecule has 1 aliphatic heterocycles. The van der Waals surface area contributed by atoms with Crippen LogP contribution >= 0.6 is 11.6 Å². The minimum Gasteiger partial charge on any atom is -0.298 e. The van der Waals surface area contributed by atoms with Crippen LogP contribution in [0.15, 0.2) is 18.2 Å². The molecule has 1 aromatic carbocycles. The van der Waals surface area contributed by atoms with Gasteiger partial charge in [0.05, 0.1) is 12.0 Å². The molecule has 1 saturated heterocycles. The van der Waals surface area contributed by atoms with Crippen molar-refractivity contribution in [3.63, 3.8) is 0 Å². The lowest BCUT2D eigenvalue weighted by Crippen LogP contribution is -2.34. The molecular formula is C13H14ClFN2. The predicted octanol–water partition coefficient (Wildman–Crippen LogP) is 3.21. The normalized spacial score (nSPS) is 21.1. The van der Waals surface area contributed by atoms with Gasteiger partial charge in [0.1, 0.15) is 5.82 Å². The van der Waals surface area contributed by atoms with E-state index in [0.717, 1.165) is 19.4 Å². The van der Waals surface area contributed by atoms with Gasteiger partial charge < -0.3 is 0 Å². The van der Waals surface area contributed by atoms with Crippen LogP contribution in [-0.2, 0) is 6.54 Å². The lowest BCUT2D eigenvalue weighted by Gasteiger charge is -2.29. The van der Waals surface area contributed by atoms with Gasteiger partial charge in [-0.1, -0.05) is 17.7 Å². The van der Waals surface area contributed by atoms with E-state index in [1.807, 2.05) is 0 Å². The van der Waals surface area contributed by atoms with Crippen molar-refractivity contribution in [2.24, 2.45) is 5.92 Å². The summed E-state index contributed by atoms with van der Waals surface area (Å²) < 4.78 is 13.6. The Hall–Kier alpha value is -1.11. The third-order valence-electron chi connectivity index (χ3n) is 3.13. The van der Waals surface area contributed by atoms with Gasteiger partial charge in [-0.15, -0.1) is 0 Å². The summed E-state index contributed by atoms with van der Waals surface area (Å²) in [4.78, 5) is 2.10. The molecule has 2 nitrogen and oxygen atoms in total. The molecule has 0 unspecified atom stereocenters. The highest BCUT2D eigenvalue weighted by Gasteiger charge is 2.21. The highest BCUT2D eigenvalue weighted by molar-refractivity contribution is 6.31. The zero-order valence-corrected chi connectivity index (χ0v) is 10.3. The molecule has 0 amide bonds. The molecule has 1 aliphatic rings. The van der Waals surface area contributed by atoms with Gasteiger partial charge in [0.15, 0.2) is 0 Å². The first kappa shape index (κ1) is 12.3. The van der Waals surface area contributed by atoms with Gasteiger partial charge in [-0.05, 0) is 31.5 Å². The second-order valence-electron chi connectivity index (χ2n) is 4.40. The average molecular weight is 253 g/mol. The van der Waals surface area contributed by atoms with E-state index in [0.29, 0.717) is 23.7 Å². The van der Waals surface area contributed by atoms with Crippen LogP contribution in [0.4, 0.5) is 4.39 Å². The van der Waals surface area contributed by atoms with E-state index in [9.17, 15) is 4.39 Å². The Balaban J connectivity index is 2.08. The van der Waals surface area contributed by atoms with Crippen molar-refractivity contribution in [3.05, 3.63) is 34.6 Å². The monoisotopic (exact) mass is 252 g/mol. The number of nitrogens with zero attached hydrogens (tertiary/aromatic N) is 2. The Morgan fingerprint density at radius 1 is 1.53 bits per heavy atom.